The maximum atomic E-state index is 11.9. The lowest BCUT2D eigenvalue weighted by Crippen LogP contribution is -2.57. The molecular weight excluding hydrogens is 292 g/mol. The zero-order valence-electron chi connectivity index (χ0n) is 13.6. The largest absolute Gasteiger partial charge is 0.491 e. The summed E-state index contributed by atoms with van der Waals surface area (Å²) in [7, 11) is 0. The van der Waals surface area contributed by atoms with Crippen LogP contribution >= 0.6 is 0 Å². The molecule has 0 saturated heterocycles. The third-order valence-electron chi connectivity index (χ3n) is 5.85. The molecule has 0 unspecified atom stereocenters. The number of fused-ring (bicyclic) bond motifs is 1. The van der Waals surface area contributed by atoms with Crippen LogP contribution in [0, 0.1) is 17.3 Å². The Labute approximate surface area is 137 Å². The number of aliphatic hydroxyl groups is 2. The van der Waals surface area contributed by atoms with Crippen molar-refractivity contribution in [3.8, 4) is 5.75 Å². The Morgan fingerprint density at radius 3 is 2.78 bits per heavy atom. The molecule has 0 aliphatic heterocycles. The molecule has 2 aliphatic carbocycles. The standard InChI is InChI=1S/C19H26O4/c1-19-10-9-17(21)15(16(19)11-18(19)22)8-7-13(20)12-23-14-5-3-2-4-6-14/h2-6,13,15-17,20-21H,7-12H2,1H3/t13-,15-,16-,17-,19+/m0/s1. The molecule has 126 valence electrons. The van der Waals surface area contributed by atoms with Crippen LogP contribution in [0.3, 0.4) is 0 Å². The van der Waals surface area contributed by atoms with Crippen molar-refractivity contribution in [1.82, 2.24) is 0 Å². The van der Waals surface area contributed by atoms with Gasteiger partial charge in [-0.25, -0.2) is 0 Å². The van der Waals surface area contributed by atoms with Gasteiger partial charge in [-0.2, -0.15) is 0 Å². The van der Waals surface area contributed by atoms with Gasteiger partial charge in [-0.1, -0.05) is 25.1 Å². The number of benzene rings is 1. The lowest BCUT2D eigenvalue weighted by atomic mass is 9.49. The number of aliphatic hydroxyl groups excluding tert-OH is 2. The van der Waals surface area contributed by atoms with Crippen molar-refractivity contribution in [1.29, 1.82) is 0 Å². The third kappa shape index (κ3) is 3.29. The van der Waals surface area contributed by atoms with Crippen LogP contribution in [0.15, 0.2) is 30.3 Å². The first-order valence-corrected chi connectivity index (χ1v) is 8.58. The molecule has 0 amide bonds. The predicted octanol–water partition coefficient (Wildman–Crippen LogP) is 2.57. The van der Waals surface area contributed by atoms with Crippen LogP contribution in [0.4, 0.5) is 0 Å². The number of Topliss-reactive ketones (excluding diaryl/α,β-unsaturated/α-hetero) is 1. The third-order valence-corrected chi connectivity index (χ3v) is 5.85. The van der Waals surface area contributed by atoms with Crippen molar-refractivity contribution in [3.05, 3.63) is 30.3 Å². The average Bonchev–Trinajstić information content (AvgIpc) is 2.57. The molecule has 0 bridgehead atoms. The second-order valence-electron chi connectivity index (χ2n) is 7.28. The van der Waals surface area contributed by atoms with Crippen LogP contribution in [0.5, 0.6) is 5.75 Å². The minimum atomic E-state index is -0.550. The summed E-state index contributed by atoms with van der Waals surface area (Å²) >= 11 is 0. The van der Waals surface area contributed by atoms with Gasteiger partial charge >= 0.3 is 0 Å². The zero-order valence-corrected chi connectivity index (χ0v) is 13.6. The van der Waals surface area contributed by atoms with Gasteiger partial charge in [0.2, 0.25) is 0 Å². The van der Waals surface area contributed by atoms with Crippen LogP contribution in [0.1, 0.15) is 39.0 Å². The molecule has 3 rings (SSSR count). The van der Waals surface area contributed by atoms with Crippen molar-refractivity contribution >= 4 is 5.78 Å². The Hall–Kier alpha value is -1.39. The number of hydrogen-bond donors (Lipinski definition) is 2. The first kappa shape index (κ1) is 16.5. The predicted molar refractivity (Wildman–Crippen MR) is 87.1 cm³/mol. The van der Waals surface area contributed by atoms with Gasteiger partial charge < -0.3 is 14.9 Å². The highest BCUT2D eigenvalue weighted by Gasteiger charge is 2.57. The number of carbonyl (C=O) groups is 1. The van der Waals surface area contributed by atoms with Crippen LogP contribution in [-0.2, 0) is 4.79 Å². The summed E-state index contributed by atoms with van der Waals surface area (Å²) in [5.74, 6) is 1.49. The van der Waals surface area contributed by atoms with Crippen LogP contribution in [-0.4, -0.2) is 34.8 Å². The number of ether oxygens (including phenoxy) is 1. The Morgan fingerprint density at radius 2 is 2.09 bits per heavy atom. The van der Waals surface area contributed by atoms with Crippen molar-refractivity contribution in [3.63, 3.8) is 0 Å². The van der Waals surface area contributed by atoms with E-state index in [0.717, 1.165) is 18.6 Å². The number of ketones is 1. The summed E-state index contributed by atoms with van der Waals surface area (Å²) in [5, 5.41) is 20.4. The molecule has 5 atom stereocenters. The number of rotatable bonds is 6. The van der Waals surface area contributed by atoms with E-state index in [4.69, 9.17) is 4.74 Å². The van der Waals surface area contributed by atoms with E-state index in [1.807, 2.05) is 37.3 Å². The van der Waals surface area contributed by atoms with Crippen LogP contribution < -0.4 is 4.74 Å². The first-order chi connectivity index (χ1) is 11.0. The van der Waals surface area contributed by atoms with Gasteiger partial charge in [-0.15, -0.1) is 0 Å². The van der Waals surface area contributed by atoms with Crippen molar-refractivity contribution in [2.75, 3.05) is 6.61 Å². The fraction of sp³-hybridized carbons (Fsp3) is 0.632. The maximum Gasteiger partial charge on any atom is 0.139 e. The molecule has 0 radical (unpaired) electrons. The molecule has 4 nitrogen and oxygen atoms in total. The highest BCUT2D eigenvalue weighted by molar-refractivity contribution is 5.91. The Morgan fingerprint density at radius 1 is 1.35 bits per heavy atom. The lowest BCUT2D eigenvalue weighted by Gasteiger charge is -2.54. The molecule has 1 aromatic rings. The maximum absolute atomic E-state index is 11.9. The number of para-hydroxylation sites is 1. The second-order valence-corrected chi connectivity index (χ2v) is 7.28. The van der Waals surface area contributed by atoms with E-state index in [9.17, 15) is 15.0 Å². The molecule has 1 aromatic carbocycles. The van der Waals surface area contributed by atoms with Gasteiger partial charge in [0.15, 0.2) is 0 Å². The minimum absolute atomic E-state index is 0.123. The summed E-state index contributed by atoms with van der Waals surface area (Å²) in [4.78, 5) is 11.9. The lowest BCUT2D eigenvalue weighted by molar-refractivity contribution is -0.161. The van der Waals surface area contributed by atoms with Crippen LogP contribution in [0.25, 0.3) is 0 Å². The average molecular weight is 318 g/mol. The van der Waals surface area contributed by atoms with E-state index in [0.29, 0.717) is 25.0 Å². The fourth-order valence-electron chi connectivity index (χ4n) is 4.18. The van der Waals surface area contributed by atoms with Gasteiger partial charge in [0.25, 0.3) is 0 Å². The molecular formula is C19H26O4. The van der Waals surface area contributed by atoms with Gasteiger partial charge in [0.05, 0.1) is 12.2 Å². The van der Waals surface area contributed by atoms with E-state index in [-0.39, 0.29) is 30.0 Å². The molecule has 4 heteroatoms. The number of carbonyl (C=O) groups excluding carboxylic acids is 1. The summed E-state index contributed by atoms with van der Waals surface area (Å²) < 4.78 is 5.57. The summed E-state index contributed by atoms with van der Waals surface area (Å²) in [6.45, 7) is 2.30. The molecule has 0 spiro atoms. The topological polar surface area (TPSA) is 66.8 Å². The van der Waals surface area contributed by atoms with Crippen molar-refractivity contribution in [2.45, 2.75) is 51.2 Å². The van der Waals surface area contributed by atoms with Gasteiger partial charge in [0.1, 0.15) is 18.1 Å². The quantitative estimate of drug-likeness (QED) is 0.846. The second kappa shape index (κ2) is 6.62. The first-order valence-electron chi connectivity index (χ1n) is 8.58. The van der Waals surface area contributed by atoms with Crippen molar-refractivity contribution in [2.24, 2.45) is 17.3 Å². The molecule has 23 heavy (non-hydrogen) atoms. The minimum Gasteiger partial charge on any atom is -0.491 e. The van der Waals surface area contributed by atoms with E-state index in [1.54, 1.807) is 0 Å². The van der Waals surface area contributed by atoms with E-state index >= 15 is 0 Å². The van der Waals surface area contributed by atoms with Crippen molar-refractivity contribution < 1.29 is 19.7 Å². The Kier molecular flexibility index (Phi) is 4.74. The SMILES string of the molecule is C[C@@]12CC[C@H](O)[C@@H](CC[C@H](O)COc3ccccc3)[C@@H]1CC2=O. The zero-order chi connectivity index (χ0) is 16.4. The molecule has 0 aromatic heterocycles. The summed E-state index contributed by atoms with van der Waals surface area (Å²) in [6.07, 6.45) is 2.53. The highest BCUT2D eigenvalue weighted by Crippen LogP contribution is 2.56. The monoisotopic (exact) mass is 318 g/mol. The number of hydrogen-bond acceptors (Lipinski definition) is 4. The highest BCUT2D eigenvalue weighted by atomic mass is 16.5. The summed E-state index contributed by atoms with van der Waals surface area (Å²) in [5.41, 5.74) is -0.227. The van der Waals surface area contributed by atoms with Gasteiger partial charge in [0, 0.05) is 11.8 Å². The molecule has 2 saturated carbocycles. The molecule has 2 fully saturated rings. The normalized spacial score (nSPS) is 34.4. The molecule has 2 N–H and O–H groups in total. The fourth-order valence-corrected chi connectivity index (χ4v) is 4.18. The van der Waals surface area contributed by atoms with Gasteiger partial charge in [-0.3, -0.25) is 4.79 Å². The van der Waals surface area contributed by atoms with E-state index in [1.165, 1.54) is 0 Å². The Bertz CT molecular complexity index is 544. The van der Waals surface area contributed by atoms with E-state index < -0.39 is 6.10 Å². The molecule has 2 aliphatic rings. The smallest absolute Gasteiger partial charge is 0.139 e. The summed E-state index contributed by atoms with van der Waals surface area (Å²) in [6, 6.07) is 9.44. The van der Waals surface area contributed by atoms with Crippen LogP contribution in [0.2, 0.25) is 0 Å². The van der Waals surface area contributed by atoms with Gasteiger partial charge in [-0.05, 0) is 49.7 Å². The molecule has 0 heterocycles. The Balaban J connectivity index is 1.48. The van der Waals surface area contributed by atoms with E-state index in [2.05, 4.69) is 0 Å².